The van der Waals surface area contributed by atoms with Crippen molar-refractivity contribution < 1.29 is 23.5 Å². The van der Waals surface area contributed by atoms with Gasteiger partial charge in [-0.3, -0.25) is 9.59 Å². The second-order valence-electron chi connectivity index (χ2n) is 6.35. The van der Waals surface area contributed by atoms with Crippen molar-refractivity contribution in [1.29, 1.82) is 0 Å². The van der Waals surface area contributed by atoms with Crippen molar-refractivity contribution in [3.05, 3.63) is 54.0 Å². The average molecular weight is 402 g/mol. The number of nitrogens with zero attached hydrogens (tertiary/aromatic N) is 1. The van der Waals surface area contributed by atoms with E-state index < -0.39 is 24.5 Å². The molecule has 8 heteroatoms. The minimum absolute atomic E-state index is 0.255. The van der Waals surface area contributed by atoms with Crippen LogP contribution in [0.5, 0.6) is 0 Å². The van der Waals surface area contributed by atoms with Gasteiger partial charge in [0.1, 0.15) is 17.2 Å². The van der Waals surface area contributed by atoms with Crippen LogP contribution >= 0.6 is 11.8 Å². The van der Waals surface area contributed by atoms with Gasteiger partial charge in [0.15, 0.2) is 6.61 Å². The summed E-state index contributed by atoms with van der Waals surface area (Å²) in [5, 5.41) is 2.33. The number of anilines is 1. The predicted molar refractivity (Wildman–Crippen MR) is 106 cm³/mol. The number of rotatable bonds is 6. The normalized spacial score (nSPS) is 18.7. The zero-order valence-electron chi connectivity index (χ0n) is 15.7. The predicted octanol–water partition coefficient (Wildman–Crippen LogP) is 2.99. The third kappa shape index (κ3) is 4.56. The lowest BCUT2D eigenvalue weighted by atomic mass is 10.1. The molecule has 0 radical (unpaired) electrons. The summed E-state index contributed by atoms with van der Waals surface area (Å²) >= 11 is 1.42. The Kier molecular flexibility index (Phi) is 6.41. The van der Waals surface area contributed by atoms with Crippen LogP contribution in [0.15, 0.2) is 47.1 Å². The fourth-order valence-corrected chi connectivity index (χ4v) is 4.44. The van der Waals surface area contributed by atoms with Crippen LogP contribution in [0.1, 0.15) is 30.5 Å². The van der Waals surface area contributed by atoms with Crippen molar-refractivity contribution in [2.45, 2.75) is 31.7 Å². The number of hydrogen-bond donors (Lipinski definition) is 1. The van der Waals surface area contributed by atoms with Gasteiger partial charge in [-0.1, -0.05) is 19.1 Å². The molecule has 2 heterocycles. The lowest BCUT2D eigenvalue weighted by Gasteiger charge is -2.25. The smallest absolute Gasteiger partial charge is 0.330 e. The lowest BCUT2D eigenvalue weighted by molar-refractivity contribution is -0.155. The number of aryl methyl sites for hydroxylation is 1. The van der Waals surface area contributed by atoms with Crippen molar-refractivity contribution in [2.24, 2.45) is 0 Å². The molecule has 1 aliphatic rings. The van der Waals surface area contributed by atoms with E-state index in [2.05, 4.69) is 5.32 Å². The van der Waals surface area contributed by atoms with Gasteiger partial charge in [0.05, 0.1) is 6.26 Å². The fourth-order valence-electron chi connectivity index (χ4n) is 3.02. The number of benzene rings is 1. The molecular formula is C20H22N2O5S. The van der Waals surface area contributed by atoms with Crippen molar-refractivity contribution in [1.82, 2.24) is 4.90 Å². The van der Waals surface area contributed by atoms with E-state index in [1.807, 2.05) is 25.1 Å². The molecule has 0 saturated carbocycles. The van der Waals surface area contributed by atoms with Gasteiger partial charge in [-0.25, -0.2) is 4.79 Å². The molecule has 1 aliphatic heterocycles. The summed E-state index contributed by atoms with van der Waals surface area (Å²) in [6, 6.07) is 10.2. The third-order valence-electron chi connectivity index (χ3n) is 4.39. The quantitative estimate of drug-likeness (QED) is 0.748. The SMILES string of the molecule is CCc1cccc(NC(=O)COC(=O)[C@@H]2CS[C@H](c3ccco3)N2C(C)=O)c1. The lowest BCUT2D eigenvalue weighted by Crippen LogP contribution is -2.43. The van der Waals surface area contributed by atoms with E-state index in [-0.39, 0.29) is 11.3 Å². The molecule has 1 aromatic carbocycles. The zero-order valence-corrected chi connectivity index (χ0v) is 16.5. The maximum atomic E-state index is 12.5. The summed E-state index contributed by atoms with van der Waals surface area (Å²) in [6.07, 6.45) is 2.38. The number of furan rings is 1. The standard InChI is InChI=1S/C20H22N2O5S/c1-3-14-6-4-7-15(10-14)21-18(24)11-27-20(25)16-12-28-19(22(16)13(2)23)17-8-5-9-26-17/h4-10,16,19H,3,11-12H2,1-2H3,(H,21,24)/t16-,19+/m0/s1. The Bertz CT molecular complexity index is 852. The second-order valence-corrected chi connectivity index (χ2v) is 7.47. The number of ether oxygens (including phenoxy) is 1. The van der Waals surface area contributed by atoms with Crippen LogP contribution in [-0.4, -0.2) is 41.1 Å². The first-order chi connectivity index (χ1) is 13.5. The van der Waals surface area contributed by atoms with Crippen LogP contribution in [0, 0.1) is 0 Å². The summed E-state index contributed by atoms with van der Waals surface area (Å²) in [4.78, 5) is 38.1. The molecule has 1 aromatic heterocycles. The summed E-state index contributed by atoms with van der Waals surface area (Å²) in [7, 11) is 0. The Morgan fingerprint density at radius 1 is 1.29 bits per heavy atom. The molecule has 1 N–H and O–H groups in total. The summed E-state index contributed by atoms with van der Waals surface area (Å²) in [5.41, 5.74) is 1.75. The average Bonchev–Trinajstić information content (AvgIpc) is 3.35. The first-order valence-electron chi connectivity index (χ1n) is 8.99. The van der Waals surface area contributed by atoms with Gasteiger partial charge in [0, 0.05) is 18.4 Å². The van der Waals surface area contributed by atoms with Gasteiger partial charge in [-0.15, -0.1) is 11.8 Å². The van der Waals surface area contributed by atoms with E-state index in [4.69, 9.17) is 9.15 Å². The molecule has 7 nitrogen and oxygen atoms in total. The Hall–Kier alpha value is -2.74. The van der Waals surface area contributed by atoms with Crippen LogP contribution in [0.4, 0.5) is 5.69 Å². The second kappa shape index (κ2) is 8.97. The summed E-state index contributed by atoms with van der Waals surface area (Å²) < 4.78 is 10.6. The highest BCUT2D eigenvalue weighted by Crippen LogP contribution is 2.41. The number of hydrogen-bond acceptors (Lipinski definition) is 6. The molecule has 2 aromatic rings. The number of amides is 2. The molecule has 1 saturated heterocycles. The van der Waals surface area contributed by atoms with Gasteiger partial charge in [-0.2, -0.15) is 0 Å². The summed E-state index contributed by atoms with van der Waals surface area (Å²) in [6.45, 7) is 3.02. The number of carbonyl (C=O) groups excluding carboxylic acids is 3. The van der Waals surface area contributed by atoms with Crippen LogP contribution in [0.3, 0.4) is 0 Å². The highest BCUT2D eigenvalue weighted by molar-refractivity contribution is 7.99. The van der Waals surface area contributed by atoms with Crippen molar-refractivity contribution in [3.8, 4) is 0 Å². The van der Waals surface area contributed by atoms with E-state index in [0.717, 1.165) is 12.0 Å². The molecule has 2 atom stereocenters. The Morgan fingerprint density at radius 2 is 2.11 bits per heavy atom. The van der Waals surface area contributed by atoms with E-state index in [0.29, 0.717) is 17.2 Å². The number of carbonyl (C=O) groups is 3. The highest BCUT2D eigenvalue weighted by atomic mass is 32.2. The number of thioether (sulfide) groups is 1. The monoisotopic (exact) mass is 402 g/mol. The van der Waals surface area contributed by atoms with E-state index in [1.54, 1.807) is 18.2 Å². The van der Waals surface area contributed by atoms with E-state index in [1.165, 1.54) is 29.8 Å². The molecule has 28 heavy (non-hydrogen) atoms. The molecule has 0 spiro atoms. The van der Waals surface area contributed by atoms with Crippen LogP contribution in [0.2, 0.25) is 0 Å². The van der Waals surface area contributed by atoms with Crippen LogP contribution in [0.25, 0.3) is 0 Å². The number of esters is 1. The third-order valence-corrected chi connectivity index (χ3v) is 5.67. The van der Waals surface area contributed by atoms with Crippen LogP contribution < -0.4 is 5.32 Å². The summed E-state index contributed by atoms with van der Waals surface area (Å²) in [5.74, 6) is -0.305. The Labute approximate surface area is 167 Å². The zero-order chi connectivity index (χ0) is 20.1. The highest BCUT2D eigenvalue weighted by Gasteiger charge is 2.43. The first-order valence-corrected chi connectivity index (χ1v) is 10.0. The van der Waals surface area contributed by atoms with Crippen molar-refractivity contribution in [2.75, 3.05) is 17.7 Å². The van der Waals surface area contributed by atoms with Gasteiger partial charge in [-0.05, 0) is 36.2 Å². The molecular weight excluding hydrogens is 380 g/mol. The van der Waals surface area contributed by atoms with Gasteiger partial charge in [0.2, 0.25) is 5.91 Å². The van der Waals surface area contributed by atoms with E-state index in [9.17, 15) is 14.4 Å². The number of nitrogens with one attached hydrogen (secondary N) is 1. The largest absolute Gasteiger partial charge is 0.466 e. The Balaban J connectivity index is 1.57. The van der Waals surface area contributed by atoms with Crippen LogP contribution in [-0.2, 0) is 25.5 Å². The van der Waals surface area contributed by atoms with E-state index >= 15 is 0 Å². The fraction of sp³-hybridized carbons (Fsp3) is 0.350. The Morgan fingerprint density at radius 3 is 2.79 bits per heavy atom. The molecule has 1 fully saturated rings. The molecule has 0 bridgehead atoms. The van der Waals surface area contributed by atoms with Gasteiger partial charge in [0.25, 0.3) is 5.91 Å². The first kappa shape index (κ1) is 20.0. The maximum absolute atomic E-state index is 12.5. The molecule has 148 valence electrons. The minimum Gasteiger partial charge on any atom is -0.466 e. The van der Waals surface area contributed by atoms with Crippen molar-refractivity contribution in [3.63, 3.8) is 0 Å². The molecule has 0 aliphatic carbocycles. The maximum Gasteiger partial charge on any atom is 0.330 e. The molecule has 0 unspecified atom stereocenters. The van der Waals surface area contributed by atoms with Crippen molar-refractivity contribution >= 4 is 35.2 Å². The minimum atomic E-state index is -0.756. The topological polar surface area (TPSA) is 88.8 Å². The molecule has 3 rings (SSSR count). The van der Waals surface area contributed by atoms with Gasteiger partial charge < -0.3 is 19.4 Å². The molecule has 2 amide bonds. The van der Waals surface area contributed by atoms with Gasteiger partial charge >= 0.3 is 5.97 Å².